The zero-order valence-electron chi connectivity index (χ0n) is 59.3. The highest BCUT2D eigenvalue weighted by Gasteiger charge is 2.30. The van der Waals surface area contributed by atoms with Crippen LogP contribution >= 0.6 is 15.6 Å². The van der Waals surface area contributed by atoms with Crippen LogP contribution < -0.4 is 0 Å². The normalized spacial score (nSPS) is 14.2. The summed E-state index contributed by atoms with van der Waals surface area (Å²) in [6.45, 7) is 9.46. The molecule has 0 aliphatic rings. The summed E-state index contributed by atoms with van der Waals surface area (Å²) in [4.78, 5) is 72.5. The number of allylic oxidation sites excluding steroid dienone is 4. The molecule has 0 saturated carbocycles. The van der Waals surface area contributed by atoms with Crippen molar-refractivity contribution in [3.05, 3.63) is 24.3 Å². The average Bonchev–Trinajstić information content (AvgIpc) is 1.87. The number of rotatable bonds is 70. The number of carbonyl (C=O) groups excluding carboxylic acids is 4. The van der Waals surface area contributed by atoms with Crippen LogP contribution in [0.3, 0.4) is 0 Å². The van der Waals surface area contributed by atoms with Gasteiger partial charge in [-0.3, -0.25) is 37.3 Å². The van der Waals surface area contributed by atoms with Crippen molar-refractivity contribution in [1.29, 1.82) is 0 Å². The highest BCUT2D eigenvalue weighted by Crippen LogP contribution is 2.45. The fourth-order valence-electron chi connectivity index (χ4n) is 10.6. The van der Waals surface area contributed by atoms with Gasteiger partial charge >= 0.3 is 39.5 Å². The van der Waals surface area contributed by atoms with Crippen molar-refractivity contribution in [2.75, 3.05) is 39.6 Å². The van der Waals surface area contributed by atoms with Gasteiger partial charge in [0.05, 0.1) is 26.4 Å². The molecule has 0 aliphatic heterocycles. The van der Waals surface area contributed by atoms with Gasteiger partial charge in [-0.1, -0.05) is 297 Å². The third-order valence-electron chi connectivity index (χ3n) is 16.3. The van der Waals surface area contributed by atoms with E-state index in [1.165, 1.54) is 135 Å². The zero-order chi connectivity index (χ0) is 67.9. The molecule has 0 aromatic heterocycles. The number of aliphatic hydroxyl groups excluding tert-OH is 1. The van der Waals surface area contributed by atoms with E-state index in [-0.39, 0.29) is 25.7 Å². The lowest BCUT2D eigenvalue weighted by Crippen LogP contribution is -2.30. The van der Waals surface area contributed by atoms with E-state index in [1.807, 2.05) is 0 Å². The molecule has 0 aliphatic carbocycles. The summed E-state index contributed by atoms with van der Waals surface area (Å²) < 4.78 is 68.2. The molecule has 92 heavy (non-hydrogen) atoms. The van der Waals surface area contributed by atoms with Gasteiger partial charge < -0.3 is 33.8 Å². The Morgan fingerprint density at radius 1 is 0.337 bits per heavy atom. The summed E-state index contributed by atoms with van der Waals surface area (Å²) >= 11 is 0. The first-order chi connectivity index (χ1) is 44.4. The monoisotopic (exact) mass is 1350 g/mol. The highest BCUT2D eigenvalue weighted by atomic mass is 31.2. The minimum absolute atomic E-state index is 0.101. The topological polar surface area (TPSA) is 237 Å². The second-order valence-electron chi connectivity index (χ2n) is 26.6. The molecule has 3 N–H and O–H groups in total. The van der Waals surface area contributed by atoms with E-state index in [2.05, 4.69) is 65.8 Å². The fourth-order valence-corrected chi connectivity index (χ4v) is 12.2. The smallest absolute Gasteiger partial charge is 0.462 e. The quantitative estimate of drug-likeness (QED) is 0.0169. The average molecular weight is 1350 g/mol. The van der Waals surface area contributed by atoms with Crippen LogP contribution in [-0.2, 0) is 65.4 Å². The lowest BCUT2D eigenvalue weighted by molar-refractivity contribution is -0.161. The summed E-state index contributed by atoms with van der Waals surface area (Å²) in [5.74, 6) is -0.620. The van der Waals surface area contributed by atoms with E-state index < -0.39 is 97.5 Å². The van der Waals surface area contributed by atoms with Crippen LogP contribution in [0.1, 0.15) is 350 Å². The summed E-state index contributed by atoms with van der Waals surface area (Å²) in [5.41, 5.74) is 0. The van der Waals surface area contributed by atoms with Crippen molar-refractivity contribution in [2.45, 2.75) is 368 Å². The van der Waals surface area contributed by atoms with Crippen LogP contribution in [0.2, 0.25) is 0 Å². The van der Waals surface area contributed by atoms with Gasteiger partial charge in [0.25, 0.3) is 0 Å². The van der Waals surface area contributed by atoms with Gasteiger partial charge in [0.2, 0.25) is 0 Å². The molecule has 0 aromatic carbocycles. The predicted molar refractivity (Wildman–Crippen MR) is 372 cm³/mol. The Morgan fingerprint density at radius 3 is 0.891 bits per heavy atom. The highest BCUT2D eigenvalue weighted by molar-refractivity contribution is 7.47. The molecule has 2 unspecified atom stereocenters. The minimum atomic E-state index is -4.96. The van der Waals surface area contributed by atoms with Crippen LogP contribution in [0.4, 0.5) is 0 Å². The molecule has 0 spiro atoms. The molecule has 17 nitrogen and oxygen atoms in total. The molecule has 0 radical (unpaired) electrons. The SMILES string of the molecule is CCCCCC/C=C\C=C/CCCCCCCC(=O)OC[C@H](COP(=O)(O)OC[C@@H](O)COP(=O)(O)OC[C@@H](COC(=O)CCCCCCCCC)OC(=O)CCCCCCCCCCCC(C)C)OC(=O)CCCCCCCCCCCCCCCCCC(C)C. The Hall–Kier alpha value is -2.46. The minimum Gasteiger partial charge on any atom is -0.462 e. The van der Waals surface area contributed by atoms with Crippen molar-refractivity contribution in [2.24, 2.45) is 11.8 Å². The van der Waals surface area contributed by atoms with Gasteiger partial charge in [-0.25, -0.2) is 9.13 Å². The number of carbonyl (C=O) groups is 4. The second-order valence-corrected chi connectivity index (χ2v) is 29.5. The lowest BCUT2D eigenvalue weighted by Gasteiger charge is -2.21. The number of hydrogen-bond acceptors (Lipinski definition) is 15. The van der Waals surface area contributed by atoms with Crippen LogP contribution in [0, 0.1) is 11.8 Å². The Labute approximate surface area is 561 Å². The predicted octanol–water partition coefficient (Wildman–Crippen LogP) is 20.7. The number of hydrogen-bond donors (Lipinski definition) is 3. The summed E-state index contributed by atoms with van der Waals surface area (Å²) in [6.07, 6.45) is 53.7. The van der Waals surface area contributed by atoms with Crippen LogP contribution in [0.5, 0.6) is 0 Å². The first kappa shape index (κ1) is 89.5. The van der Waals surface area contributed by atoms with Crippen molar-refractivity contribution < 1.29 is 80.2 Å². The number of unbranched alkanes of at least 4 members (excludes halogenated alkanes) is 37. The third-order valence-corrected chi connectivity index (χ3v) is 18.2. The Bertz CT molecular complexity index is 1880. The van der Waals surface area contributed by atoms with Gasteiger partial charge in [-0.05, 0) is 63.2 Å². The van der Waals surface area contributed by atoms with Gasteiger partial charge in [-0.15, -0.1) is 0 Å². The number of esters is 4. The molecule has 0 fully saturated rings. The molecule has 0 rings (SSSR count). The van der Waals surface area contributed by atoms with E-state index in [4.69, 9.17) is 37.0 Å². The summed E-state index contributed by atoms with van der Waals surface area (Å²) in [7, 11) is -9.91. The molecule has 0 amide bonds. The van der Waals surface area contributed by atoms with Gasteiger partial charge in [0, 0.05) is 25.7 Å². The first-order valence-electron chi connectivity index (χ1n) is 37.3. The second kappa shape index (κ2) is 64.5. The van der Waals surface area contributed by atoms with Crippen LogP contribution in [0.15, 0.2) is 24.3 Å². The zero-order valence-corrected chi connectivity index (χ0v) is 61.1. The van der Waals surface area contributed by atoms with E-state index >= 15 is 0 Å². The van der Waals surface area contributed by atoms with E-state index in [1.54, 1.807) is 0 Å². The molecule has 542 valence electrons. The number of aliphatic hydroxyl groups is 1. The van der Waals surface area contributed by atoms with E-state index in [9.17, 15) is 43.2 Å². The van der Waals surface area contributed by atoms with Crippen LogP contribution in [0.25, 0.3) is 0 Å². The Morgan fingerprint density at radius 2 is 0.587 bits per heavy atom. The maximum Gasteiger partial charge on any atom is 0.472 e. The largest absolute Gasteiger partial charge is 0.472 e. The Kier molecular flexibility index (Phi) is 62.8. The molecule has 0 saturated heterocycles. The number of phosphoric ester groups is 2. The van der Waals surface area contributed by atoms with E-state index in [0.717, 1.165) is 134 Å². The molecule has 19 heteroatoms. The van der Waals surface area contributed by atoms with Gasteiger partial charge in [0.1, 0.15) is 19.3 Å². The van der Waals surface area contributed by atoms with Crippen molar-refractivity contribution in [3.8, 4) is 0 Å². The number of phosphoric acid groups is 2. The fraction of sp³-hybridized carbons (Fsp3) is 0.890. The van der Waals surface area contributed by atoms with Crippen molar-refractivity contribution in [1.82, 2.24) is 0 Å². The van der Waals surface area contributed by atoms with Gasteiger partial charge in [0.15, 0.2) is 12.2 Å². The van der Waals surface area contributed by atoms with Crippen molar-refractivity contribution >= 4 is 39.5 Å². The first-order valence-corrected chi connectivity index (χ1v) is 40.3. The standard InChI is InChI=1S/C73H138O17P2/c1-7-9-11-13-15-16-17-18-20-24-27-32-38-44-50-56-71(76)84-62-69(90-72(77)57-51-45-39-33-28-25-22-19-21-23-26-30-36-41-47-53-65(3)4)64-88-92(81,82)86-60-67(74)59-85-91(79,80)87-63-68(61-83-70(75)55-49-43-35-14-12-10-8-2)89-73(78)58-52-46-40-34-29-31-37-42-48-54-66(5)6/h16-18,20,65-69,74H,7-15,19,21-64H2,1-6H3,(H,79,80)(H,81,82)/b17-16-,20-18-/t67-,68+,69+/m0/s1. The molecular formula is C73H138O17P2. The lowest BCUT2D eigenvalue weighted by atomic mass is 10.0. The molecule has 0 aromatic rings. The number of ether oxygens (including phenoxy) is 4. The maximum atomic E-state index is 13.0. The van der Waals surface area contributed by atoms with Crippen molar-refractivity contribution in [3.63, 3.8) is 0 Å². The molecule has 0 bridgehead atoms. The van der Waals surface area contributed by atoms with Gasteiger partial charge in [-0.2, -0.15) is 0 Å². The maximum absolute atomic E-state index is 13.0. The van der Waals surface area contributed by atoms with E-state index in [0.29, 0.717) is 25.7 Å². The molecule has 5 atom stereocenters. The third kappa shape index (κ3) is 66.2. The molecule has 0 heterocycles. The summed E-state index contributed by atoms with van der Waals surface area (Å²) in [5, 5.41) is 10.6. The molecular weight excluding hydrogens is 1210 g/mol. The Balaban J connectivity index is 5.24. The summed E-state index contributed by atoms with van der Waals surface area (Å²) in [6, 6.07) is 0. The van der Waals surface area contributed by atoms with Crippen LogP contribution in [-0.4, -0.2) is 96.7 Å².